The van der Waals surface area contributed by atoms with Gasteiger partial charge in [0, 0.05) is 52.3 Å². The number of rotatable bonds is 4. The smallest absolute Gasteiger partial charge is 0.165 e. The number of hydrogen-bond donors (Lipinski definition) is 2. The average molecular weight is 499 g/mol. The minimum Gasteiger partial charge on any atom is -0.390 e. The fourth-order valence-electron chi connectivity index (χ4n) is 5.73. The van der Waals surface area contributed by atoms with Crippen molar-refractivity contribution in [3.63, 3.8) is 0 Å². The summed E-state index contributed by atoms with van der Waals surface area (Å²) in [6.07, 6.45) is 6.47. The molecule has 0 unspecified atom stereocenters. The van der Waals surface area contributed by atoms with Gasteiger partial charge in [-0.3, -0.25) is 4.98 Å². The van der Waals surface area contributed by atoms with Gasteiger partial charge in [0.1, 0.15) is 0 Å². The predicted octanol–water partition coefficient (Wildman–Crippen LogP) is 5.37. The van der Waals surface area contributed by atoms with Crippen molar-refractivity contribution in [1.29, 1.82) is 0 Å². The summed E-state index contributed by atoms with van der Waals surface area (Å²) in [6, 6.07) is 26.5. The second-order valence-electron chi connectivity index (χ2n) is 10.5. The van der Waals surface area contributed by atoms with Gasteiger partial charge in [0.15, 0.2) is 11.3 Å². The zero-order chi connectivity index (χ0) is 25.9. The van der Waals surface area contributed by atoms with E-state index in [1.165, 1.54) is 0 Å². The third kappa shape index (κ3) is 3.75. The first-order valence-electron chi connectivity index (χ1n) is 12.7. The second kappa shape index (κ2) is 8.28. The van der Waals surface area contributed by atoms with Crippen LogP contribution in [0.15, 0.2) is 97.5 Å². The van der Waals surface area contributed by atoms with Crippen LogP contribution in [0, 0.1) is 0 Å². The summed E-state index contributed by atoms with van der Waals surface area (Å²) in [5.41, 5.74) is 13.6. The summed E-state index contributed by atoms with van der Waals surface area (Å²) in [5, 5.41) is 16.0. The molecular formula is C31H26N6O. The minimum absolute atomic E-state index is 0.503. The SMILES string of the molecule is C[C@]1(O)C[C@@](N)(c2ccc(-c3nc4c(cnc5cc(-c6ccncc6)nn54)cc3-c3ccccc3)cc2)C1. The molecule has 7 rings (SSSR count). The van der Waals surface area contributed by atoms with Crippen molar-refractivity contribution < 1.29 is 5.11 Å². The molecule has 186 valence electrons. The number of aromatic nitrogens is 5. The van der Waals surface area contributed by atoms with Gasteiger partial charge < -0.3 is 10.8 Å². The summed E-state index contributed by atoms with van der Waals surface area (Å²) in [6.45, 7) is 1.84. The van der Waals surface area contributed by atoms with Crippen LogP contribution in [0.5, 0.6) is 0 Å². The van der Waals surface area contributed by atoms with Crippen molar-refractivity contribution >= 4 is 16.7 Å². The molecule has 1 saturated carbocycles. The van der Waals surface area contributed by atoms with Gasteiger partial charge in [-0.2, -0.15) is 9.61 Å². The zero-order valence-electron chi connectivity index (χ0n) is 20.9. The topological polar surface area (TPSA) is 102 Å². The molecule has 7 heteroatoms. The van der Waals surface area contributed by atoms with Gasteiger partial charge in [0.25, 0.3) is 0 Å². The highest BCUT2D eigenvalue weighted by Crippen LogP contribution is 2.46. The van der Waals surface area contributed by atoms with Gasteiger partial charge in [-0.15, -0.1) is 0 Å². The van der Waals surface area contributed by atoms with Crippen LogP contribution in [0.25, 0.3) is 50.3 Å². The van der Waals surface area contributed by atoms with E-state index < -0.39 is 11.1 Å². The van der Waals surface area contributed by atoms with E-state index in [4.69, 9.17) is 15.8 Å². The molecule has 1 aliphatic rings. The lowest BCUT2D eigenvalue weighted by atomic mass is 9.63. The van der Waals surface area contributed by atoms with Crippen molar-refractivity contribution in [2.45, 2.75) is 30.9 Å². The van der Waals surface area contributed by atoms with E-state index in [0.29, 0.717) is 12.8 Å². The molecule has 38 heavy (non-hydrogen) atoms. The first-order chi connectivity index (χ1) is 18.4. The molecule has 1 aliphatic carbocycles. The van der Waals surface area contributed by atoms with E-state index >= 15 is 0 Å². The molecule has 2 aromatic carbocycles. The Hall–Kier alpha value is -4.46. The third-order valence-electron chi connectivity index (χ3n) is 7.44. The van der Waals surface area contributed by atoms with E-state index in [2.05, 4.69) is 52.4 Å². The lowest BCUT2D eigenvalue weighted by Gasteiger charge is -2.49. The molecule has 6 aromatic rings. The van der Waals surface area contributed by atoms with E-state index in [0.717, 1.165) is 55.9 Å². The molecular weight excluding hydrogens is 472 g/mol. The Kier molecular flexibility index (Phi) is 4.95. The largest absolute Gasteiger partial charge is 0.390 e. The highest BCUT2D eigenvalue weighted by atomic mass is 16.3. The normalized spacial score (nSPS) is 21.0. The van der Waals surface area contributed by atoms with Crippen LogP contribution < -0.4 is 5.73 Å². The van der Waals surface area contributed by atoms with Crippen molar-refractivity contribution in [2.24, 2.45) is 5.73 Å². The fraction of sp³-hybridized carbons (Fsp3) is 0.161. The van der Waals surface area contributed by atoms with Crippen LogP contribution in [0.3, 0.4) is 0 Å². The standard InChI is InChI=1S/C31H26N6O/c1-30(38)18-31(32,19-30)24-9-7-22(8-10-24)28-25(20-5-3-2-4-6-20)15-23-17-34-27-16-26(21-11-13-33-14-12-21)36-37(27)29(23)35-28/h2-17,38H,18-19,32H2,1H3/t30-,31-. The van der Waals surface area contributed by atoms with Crippen molar-refractivity contribution in [1.82, 2.24) is 24.6 Å². The van der Waals surface area contributed by atoms with Gasteiger partial charge >= 0.3 is 0 Å². The minimum atomic E-state index is -0.702. The molecule has 0 amide bonds. The fourth-order valence-corrected chi connectivity index (χ4v) is 5.73. The van der Waals surface area contributed by atoms with E-state index in [-0.39, 0.29) is 0 Å². The van der Waals surface area contributed by atoms with Crippen molar-refractivity contribution in [3.8, 4) is 33.6 Å². The van der Waals surface area contributed by atoms with Gasteiger partial charge in [0.2, 0.25) is 0 Å². The lowest BCUT2D eigenvalue weighted by Crippen LogP contribution is -2.58. The lowest BCUT2D eigenvalue weighted by molar-refractivity contribution is -0.0738. The first kappa shape index (κ1) is 22.7. The monoisotopic (exact) mass is 498 g/mol. The maximum atomic E-state index is 10.3. The molecule has 1 fully saturated rings. The molecule has 0 aliphatic heterocycles. The molecule has 7 nitrogen and oxygen atoms in total. The molecule has 0 atom stereocenters. The van der Waals surface area contributed by atoms with Crippen LogP contribution >= 0.6 is 0 Å². The van der Waals surface area contributed by atoms with Crippen LogP contribution in [0.1, 0.15) is 25.3 Å². The number of fused-ring (bicyclic) bond motifs is 3. The van der Waals surface area contributed by atoms with Gasteiger partial charge in [-0.25, -0.2) is 9.97 Å². The number of aliphatic hydroxyl groups is 1. The molecule has 4 aromatic heterocycles. The van der Waals surface area contributed by atoms with Crippen LogP contribution in [0.4, 0.5) is 0 Å². The van der Waals surface area contributed by atoms with E-state index in [1.54, 1.807) is 12.4 Å². The van der Waals surface area contributed by atoms with Crippen LogP contribution in [0.2, 0.25) is 0 Å². The highest BCUT2D eigenvalue weighted by Gasteiger charge is 2.49. The molecule has 0 bridgehead atoms. The second-order valence-corrected chi connectivity index (χ2v) is 10.5. The number of hydrogen-bond acceptors (Lipinski definition) is 6. The summed E-state index contributed by atoms with van der Waals surface area (Å²) < 4.78 is 1.81. The Morgan fingerprint density at radius 3 is 2.32 bits per heavy atom. The Balaban J connectivity index is 1.40. The Bertz CT molecular complexity index is 1790. The summed E-state index contributed by atoms with van der Waals surface area (Å²) in [5.74, 6) is 0. The summed E-state index contributed by atoms with van der Waals surface area (Å²) in [4.78, 5) is 14.0. The van der Waals surface area contributed by atoms with Gasteiger partial charge in [0.05, 0.1) is 17.0 Å². The third-order valence-corrected chi connectivity index (χ3v) is 7.44. The van der Waals surface area contributed by atoms with E-state index in [9.17, 15) is 5.11 Å². The number of pyridine rings is 2. The number of nitrogens with zero attached hydrogens (tertiary/aromatic N) is 5. The summed E-state index contributed by atoms with van der Waals surface area (Å²) in [7, 11) is 0. The summed E-state index contributed by atoms with van der Waals surface area (Å²) >= 11 is 0. The molecule has 0 saturated heterocycles. The number of benzene rings is 2. The maximum absolute atomic E-state index is 10.3. The Morgan fingerprint density at radius 1 is 0.868 bits per heavy atom. The van der Waals surface area contributed by atoms with Gasteiger partial charge in [-0.05, 0) is 49.1 Å². The van der Waals surface area contributed by atoms with Crippen molar-refractivity contribution in [2.75, 3.05) is 0 Å². The molecule has 0 radical (unpaired) electrons. The van der Waals surface area contributed by atoms with E-state index in [1.807, 2.05) is 54.0 Å². The Labute approximate surface area is 219 Å². The molecule has 3 N–H and O–H groups in total. The first-order valence-corrected chi connectivity index (χ1v) is 12.7. The average Bonchev–Trinajstić information content (AvgIpc) is 3.37. The van der Waals surface area contributed by atoms with Crippen LogP contribution in [-0.4, -0.2) is 35.3 Å². The Morgan fingerprint density at radius 2 is 1.61 bits per heavy atom. The predicted molar refractivity (Wildman–Crippen MR) is 148 cm³/mol. The molecule has 0 spiro atoms. The quantitative estimate of drug-likeness (QED) is 0.339. The highest BCUT2D eigenvalue weighted by molar-refractivity contribution is 5.91. The van der Waals surface area contributed by atoms with Crippen LogP contribution in [-0.2, 0) is 5.54 Å². The van der Waals surface area contributed by atoms with Gasteiger partial charge in [-0.1, -0.05) is 54.6 Å². The maximum Gasteiger partial charge on any atom is 0.165 e. The molecule has 4 heterocycles. The number of nitrogens with two attached hydrogens (primary N) is 1. The van der Waals surface area contributed by atoms with Crippen molar-refractivity contribution in [3.05, 3.63) is 103 Å². The zero-order valence-corrected chi connectivity index (χ0v) is 20.9.